The molecule has 0 aliphatic rings. The van der Waals surface area contributed by atoms with Gasteiger partial charge in [-0.3, -0.25) is 0 Å². The van der Waals surface area contributed by atoms with Gasteiger partial charge >= 0.3 is 0 Å². The van der Waals surface area contributed by atoms with Crippen molar-refractivity contribution < 1.29 is 4.52 Å². The molecule has 0 saturated carbocycles. The standard InChI is InChI=1S/C11H11BrClN3O/c12-9-2-1-8(10(13)5-9)6-14-4-3-11-15-7-16-17-11/h1-2,5,7,14H,3-4,6H2. The van der Waals surface area contributed by atoms with Crippen molar-refractivity contribution in [1.82, 2.24) is 15.5 Å². The summed E-state index contributed by atoms with van der Waals surface area (Å²) in [7, 11) is 0. The zero-order valence-electron chi connectivity index (χ0n) is 8.99. The Balaban J connectivity index is 1.78. The molecule has 0 fully saturated rings. The lowest BCUT2D eigenvalue weighted by molar-refractivity contribution is 0.375. The summed E-state index contributed by atoms with van der Waals surface area (Å²) in [5.74, 6) is 0.638. The Bertz CT molecular complexity index is 476. The summed E-state index contributed by atoms with van der Waals surface area (Å²) in [5.41, 5.74) is 1.07. The van der Waals surface area contributed by atoms with Crippen LogP contribution < -0.4 is 5.32 Å². The van der Waals surface area contributed by atoms with Crippen LogP contribution in [0.1, 0.15) is 11.5 Å². The fraction of sp³-hybridized carbons (Fsp3) is 0.273. The lowest BCUT2D eigenvalue weighted by Crippen LogP contribution is -2.17. The van der Waals surface area contributed by atoms with Crippen LogP contribution in [0.2, 0.25) is 5.02 Å². The van der Waals surface area contributed by atoms with Gasteiger partial charge in [0.15, 0.2) is 6.33 Å². The molecule has 1 aromatic carbocycles. The summed E-state index contributed by atoms with van der Waals surface area (Å²) in [5, 5.41) is 7.57. The van der Waals surface area contributed by atoms with E-state index >= 15 is 0 Å². The van der Waals surface area contributed by atoms with E-state index in [1.165, 1.54) is 6.33 Å². The van der Waals surface area contributed by atoms with Crippen molar-refractivity contribution >= 4 is 27.5 Å². The molecule has 0 spiro atoms. The molecule has 0 radical (unpaired) electrons. The van der Waals surface area contributed by atoms with Gasteiger partial charge in [-0.05, 0) is 17.7 Å². The molecule has 0 saturated heterocycles. The zero-order valence-corrected chi connectivity index (χ0v) is 11.3. The van der Waals surface area contributed by atoms with Crippen molar-refractivity contribution in [3.63, 3.8) is 0 Å². The number of hydrogen-bond acceptors (Lipinski definition) is 4. The van der Waals surface area contributed by atoms with Crippen LogP contribution in [0.4, 0.5) is 0 Å². The number of nitrogens with zero attached hydrogens (tertiary/aromatic N) is 2. The third-order valence-electron chi connectivity index (χ3n) is 2.25. The van der Waals surface area contributed by atoms with Crippen molar-refractivity contribution in [3.05, 3.63) is 45.5 Å². The van der Waals surface area contributed by atoms with Crippen molar-refractivity contribution in [2.45, 2.75) is 13.0 Å². The molecule has 1 aromatic heterocycles. The predicted octanol–water partition coefficient (Wildman–Crippen LogP) is 2.82. The minimum atomic E-state index is 0.638. The Kier molecular flexibility index (Phi) is 4.53. The lowest BCUT2D eigenvalue weighted by atomic mass is 10.2. The second-order valence-corrected chi connectivity index (χ2v) is 4.82. The van der Waals surface area contributed by atoms with Crippen LogP contribution in [0, 0.1) is 0 Å². The fourth-order valence-corrected chi connectivity index (χ4v) is 2.13. The van der Waals surface area contributed by atoms with Gasteiger partial charge < -0.3 is 9.84 Å². The maximum absolute atomic E-state index is 6.10. The van der Waals surface area contributed by atoms with E-state index in [2.05, 4.69) is 31.4 Å². The normalized spacial score (nSPS) is 10.7. The van der Waals surface area contributed by atoms with Gasteiger partial charge in [0.05, 0.1) is 0 Å². The van der Waals surface area contributed by atoms with Gasteiger partial charge in [-0.1, -0.05) is 38.8 Å². The molecule has 0 aliphatic carbocycles. The molecule has 90 valence electrons. The average molecular weight is 317 g/mol. The quantitative estimate of drug-likeness (QED) is 0.862. The molecule has 17 heavy (non-hydrogen) atoms. The number of hydrogen-bond donors (Lipinski definition) is 1. The van der Waals surface area contributed by atoms with Crippen LogP contribution in [0.25, 0.3) is 0 Å². The van der Waals surface area contributed by atoms with Crippen molar-refractivity contribution in [2.75, 3.05) is 6.54 Å². The van der Waals surface area contributed by atoms with Crippen LogP contribution in [0.3, 0.4) is 0 Å². The topological polar surface area (TPSA) is 51.0 Å². The number of benzene rings is 1. The first-order chi connectivity index (χ1) is 8.25. The number of aromatic nitrogens is 2. The maximum Gasteiger partial charge on any atom is 0.227 e. The second kappa shape index (κ2) is 6.14. The fourth-order valence-electron chi connectivity index (χ4n) is 1.39. The van der Waals surface area contributed by atoms with E-state index < -0.39 is 0 Å². The molecule has 0 aliphatic heterocycles. The smallest absolute Gasteiger partial charge is 0.227 e. The molecule has 6 heteroatoms. The van der Waals surface area contributed by atoms with Crippen molar-refractivity contribution in [2.24, 2.45) is 0 Å². The maximum atomic E-state index is 6.10. The van der Waals surface area contributed by atoms with E-state index in [-0.39, 0.29) is 0 Å². The Morgan fingerprint density at radius 1 is 1.41 bits per heavy atom. The third-order valence-corrected chi connectivity index (χ3v) is 3.10. The lowest BCUT2D eigenvalue weighted by Gasteiger charge is -2.05. The molecule has 4 nitrogen and oxygen atoms in total. The first-order valence-corrected chi connectivity index (χ1v) is 6.33. The molecule has 0 bridgehead atoms. The molecular weight excluding hydrogens is 305 g/mol. The molecule has 2 rings (SSSR count). The first kappa shape index (κ1) is 12.5. The number of halogens is 2. The molecule has 0 amide bonds. The van der Waals surface area contributed by atoms with Gasteiger partial charge in [0.2, 0.25) is 5.89 Å². The summed E-state index contributed by atoms with van der Waals surface area (Å²) in [6.07, 6.45) is 2.12. The first-order valence-electron chi connectivity index (χ1n) is 5.16. The van der Waals surface area contributed by atoms with E-state index in [9.17, 15) is 0 Å². The highest BCUT2D eigenvalue weighted by atomic mass is 79.9. The van der Waals surface area contributed by atoms with Crippen LogP contribution in [-0.4, -0.2) is 16.7 Å². The van der Waals surface area contributed by atoms with Crippen LogP contribution >= 0.6 is 27.5 Å². The van der Waals surface area contributed by atoms with Crippen LogP contribution in [0.5, 0.6) is 0 Å². The van der Waals surface area contributed by atoms with Gasteiger partial charge in [0, 0.05) is 29.0 Å². The summed E-state index contributed by atoms with van der Waals surface area (Å²) in [4.78, 5) is 3.94. The average Bonchev–Trinajstić information content (AvgIpc) is 2.79. The highest BCUT2D eigenvalue weighted by Gasteiger charge is 2.02. The van der Waals surface area contributed by atoms with Crippen LogP contribution in [-0.2, 0) is 13.0 Å². The Morgan fingerprint density at radius 3 is 3.00 bits per heavy atom. The minimum absolute atomic E-state index is 0.638. The molecule has 0 atom stereocenters. The number of nitrogens with one attached hydrogen (secondary N) is 1. The van der Waals surface area contributed by atoms with Crippen molar-refractivity contribution in [1.29, 1.82) is 0 Å². The minimum Gasteiger partial charge on any atom is -0.340 e. The summed E-state index contributed by atoms with van der Waals surface area (Å²) in [6, 6.07) is 5.85. The van der Waals surface area contributed by atoms with Gasteiger partial charge in [0.25, 0.3) is 0 Å². The largest absolute Gasteiger partial charge is 0.340 e. The van der Waals surface area contributed by atoms with Crippen LogP contribution in [0.15, 0.2) is 33.5 Å². The second-order valence-electron chi connectivity index (χ2n) is 3.50. The SMILES string of the molecule is Clc1cc(Br)ccc1CNCCc1ncno1. The Morgan fingerprint density at radius 2 is 2.29 bits per heavy atom. The Hall–Kier alpha value is -0.910. The highest BCUT2D eigenvalue weighted by Crippen LogP contribution is 2.20. The van der Waals surface area contributed by atoms with Gasteiger partial charge in [-0.15, -0.1) is 0 Å². The summed E-state index contributed by atoms with van der Waals surface area (Å²) in [6.45, 7) is 1.49. The third kappa shape index (κ3) is 3.80. The summed E-state index contributed by atoms with van der Waals surface area (Å²) >= 11 is 9.47. The molecule has 1 N–H and O–H groups in total. The molecule has 0 unspecified atom stereocenters. The summed E-state index contributed by atoms with van der Waals surface area (Å²) < 4.78 is 5.88. The molecule has 1 heterocycles. The highest BCUT2D eigenvalue weighted by molar-refractivity contribution is 9.10. The molecule has 2 aromatic rings. The van der Waals surface area contributed by atoms with E-state index in [4.69, 9.17) is 16.1 Å². The predicted molar refractivity (Wildman–Crippen MR) is 68.9 cm³/mol. The zero-order chi connectivity index (χ0) is 12.1. The van der Waals surface area contributed by atoms with E-state index in [1.807, 2.05) is 18.2 Å². The Labute approximate surface area is 112 Å². The van der Waals surface area contributed by atoms with E-state index in [0.717, 1.165) is 28.1 Å². The van der Waals surface area contributed by atoms with Gasteiger partial charge in [-0.2, -0.15) is 4.98 Å². The van der Waals surface area contributed by atoms with E-state index in [0.29, 0.717) is 12.3 Å². The van der Waals surface area contributed by atoms with Gasteiger partial charge in [-0.25, -0.2) is 0 Å². The molecular formula is C11H11BrClN3O. The van der Waals surface area contributed by atoms with E-state index in [1.54, 1.807) is 0 Å². The monoisotopic (exact) mass is 315 g/mol. The van der Waals surface area contributed by atoms with Gasteiger partial charge in [0.1, 0.15) is 0 Å². The van der Waals surface area contributed by atoms with Crippen molar-refractivity contribution in [3.8, 4) is 0 Å². The number of rotatable bonds is 5.